The third-order valence-corrected chi connectivity index (χ3v) is 3.42. The number of primary amides is 1. The Morgan fingerprint density at radius 2 is 1.73 bits per heavy atom. The van der Waals surface area contributed by atoms with Crippen LogP contribution in [0.5, 0.6) is 0 Å². The highest BCUT2D eigenvalue weighted by Gasteiger charge is 2.27. The number of carbonyl (C=O) groups is 2. The van der Waals surface area contributed by atoms with E-state index < -0.39 is 23.8 Å². The van der Waals surface area contributed by atoms with Crippen LogP contribution in [0.3, 0.4) is 0 Å². The third kappa shape index (κ3) is 3.00. The van der Waals surface area contributed by atoms with Crippen molar-refractivity contribution in [2.75, 3.05) is 0 Å². The van der Waals surface area contributed by atoms with Gasteiger partial charge >= 0.3 is 5.97 Å². The second-order valence-electron chi connectivity index (χ2n) is 4.95. The summed E-state index contributed by atoms with van der Waals surface area (Å²) in [5, 5.41) is 0. The molecule has 22 heavy (non-hydrogen) atoms. The standard InChI is InChI=1S/C16H16FNO4/c1-8-9(2)21-10(3)13(8)16(20)22-14(15(18)19)11-4-6-12(17)7-5-11/h4-7,14H,1-3H3,(H2,18,19). The minimum absolute atomic E-state index is 0.269. The first-order valence-corrected chi connectivity index (χ1v) is 6.63. The third-order valence-electron chi connectivity index (χ3n) is 3.42. The highest BCUT2D eigenvalue weighted by Crippen LogP contribution is 2.25. The molecule has 1 atom stereocenters. The zero-order valence-corrected chi connectivity index (χ0v) is 12.5. The summed E-state index contributed by atoms with van der Waals surface area (Å²) >= 11 is 0. The maximum atomic E-state index is 13.0. The normalized spacial score (nSPS) is 12.0. The van der Waals surface area contributed by atoms with E-state index in [-0.39, 0.29) is 5.56 Å². The Balaban J connectivity index is 2.30. The lowest BCUT2D eigenvalue weighted by Gasteiger charge is -2.15. The highest BCUT2D eigenvalue weighted by molar-refractivity contribution is 5.94. The smallest absolute Gasteiger partial charge is 0.343 e. The Labute approximate surface area is 126 Å². The summed E-state index contributed by atoms with van der Waals surface area (Å²) < 4.78 is 23.5. The predicted octanol–water partition coefficient (Wildman–Crippen LogP) is 2.73. The van der Waals surface area contributed by atoms with Crippen LogP contribution >= 0.6 is 0 Å². The number of hydrogen-bond donors (Lipinski definition) is 1. The van der Waals surface area contributed by atoms with Crippen LogP contribution in [0, 0.1) is 26.6 Å². The zero-order valence-electron chi connectivity index (χ0n) is 12.5. The Morgan fingerprint density at radius 3 is 2.18 bits per heavy atom. The van der Waals surface area contributed by atoms with Gasteiger partial charge in [0, 0.05) is 11.1 Å². The van der Waals surface area contributed by atoms with E-state index in [0.717, 1.165) is 12.1 Å². The lowest BCUT2D eigenvalue weighted by atomic mass is 10.1. The van der Waals surface area contributed by atoms with Crippen LogP contribution in [0.4, 0.5) is 4.39 Å². The van der Waals surface area contributed by atoms with Gasteiger partial charge in [0.1, 0.15) is 22.9 Å². The molecule has 0 saturated carbocycles. The van der Waals surface area contributed by atoms with Gasteiger partial charge in [-0.25, -0.2) is 9.18 Å². The van der Waals surface area contributed by atoms with E-state index in [1.165, 1.54) is 12.1 Å². The van der Waals surface area contributed by atoms with Crippen molar-refractivity contribution in [2.45, 2.75) is 26.9 Å². The number of nitrogens with two attached hydrogens (primary N) is 1. The zero-order chi connectivity index (χ0) is 16.4. The fraction of sp³-hybridized carbons (Fsp3) is 0.250. The summed E-state index contributed by atoms with van der Waals surface area (Å²) in [6.45, 7) is 5.08. The highest BCUT2D eigenvalue weighted by atomic mass is 19.1. The van der Waals surface area contributed by atoms with Gasteiger partial charge in [0.25, 0.3) is 5.91 Å². The van der Waals surface area contributed by atoms with Crippen molar-refractivity contribution >= 4 is 11.9 Å². The summed E-state index contributed by atoms with van der Waals surface area (Å²) in [7, 11) is 0. The molecule has 1 heterocycles. The van der Waals surface area contributed by atoms with Gasteiger partial charge in [-0.05, 0) is 32.9 Å². The van der Waals surface area contributed by atoms with Crippen LogP contribution in [0.2, 0.25) is 0 Å². The molecule has 1 aromatic carbocycles. The second-order valence-corrected chi connectivity index (χ2v) is 4.95. The Bertz CT molecular complexity index is 718. The topological polar surface area (TPSA) is 82.5 Å². The number of hydrogen-bond acceptors (Lipinski definition) is 4. The SMILES string of the molecule is Cc1oc(C)c(C(=O)OC(C(N)=O)c2ccc(F)cc2)c1C. The fourth-order valence-electron chi connectivity index (χ4n) is 2.19. The second kappa shape index (κ2) is 6.01. The molecular weight excluding hydrogens is 289 g/mol. The number of rotatable bonds is 4. The maximum absolute atomic E-state index is 13.0. The number of aryl methyl sites for hydroxylation is 2. The molecule has 0 aliphatic heterocycles. The van der Waals surface area contributed by atoms with Gasteiger partial charge in [0.15, 0.2) is 0 Å². The number of benzene rings is 1. The molecule has 2 N–H and O–H groups in total. The van der Waals surface area contributed by atoms with Crippen molar-refractivity contribution in [1.82, 2.24) is 0 Å². The molecule has 6 heteroatoms. The van der Waals surface area contributed by atoms with Gasteiger partial charge in [0.05, 0.1) is 0 Å². The molecule has 0 radical (unpaired) electrons. The summed E-state index contributed by atoms with van der Waals surface area (Å²) in [6.07, 6.45) is -1.29. The monoisotopic (exact) mass is 305 g/mol. The summed E-state index contributed by atoms with van der Waals surface area (Å²) in [5.41, 5.74) is 6.50. The van der Waals surface area contributed by atoms with Crippen molar-refractivity contribution in [3.63, 3.8) is 0 Å². The van der Waals surface area contributed by atoms with Gasteiger partial charge < -0.3 is 14.9 Å². The van der Waals surface area contributed by atoms with Crippen LogP contribution < -0.4 is 5.73 Å². The minimum Gasteiger partial charge on any atom is -0.465 e. The quantitative estimate of drug-likeness (QED) is 0.880. The van der Waals surface area contributed by atoms with Crippen molar-refractivity contribution < 1.29 is 23.1 Å². The summed E-state index contributed by atoms with van der Waals surface area (Å²) in [5.74, 6) is -1.00. The number of ether oxygens (including phenoxy) is 1. The van der Waals surface area contributed by atoms with Crippen molar-refractivity contribution in [1.29, 1.82) is 0 Å². The van der Waals surface area contributed by atoms with E-state index in [9.17, 15) is 14.0 Å². The van der Waals surface area contributed by atoms with E-state index in [0.29, 0.717) is 22.6 Å². The Hall–Kier alpha value is -2.63. The van der Waals surface area contributed by atoms with Crippen LogP contribution in [-0.4, -0.2) is 11.9 Å². The molecule has 0 fully saturated rings. The van der Waals surface area contributed by atoms with Crippen LogP contribution in [0.1, 0.15) is 39.1 Å². The van der Waals surface area contributed by atoms with Crippen LogP contribution in [0.25, 0.3) is 0 Å². The van der Waals surface area contributed by atoms with Gasteiger partial charge in [0.2, 0.25) is 6.10 Å². The average Bonchev–Trinajstić information content (AvgIpc) is 2.70. The molecule has 0 aliphatic carbocycles. The van der Waals surface area contributed by atoms with Gasteiger partial charge in [-0.15, -0.1) is 0 Å². The van der Waals surface area contributed by atoms with Crippen molar-refractivity contribution in [2.24, 2.45) is 5.73 Å². The molecule has 0 saturated heterocycles. The molecular formula is C16H16FNO4. The average molecular weight is 305 g/mol. The van der Waals surface area contributed by atoms with E-state index >= 15 is 0 Å². The number of amides is 1. The van der Waals surface area contributed by atoms with Gasteiger partial charge in [-0.3, -0.25) is 4.79 Å². The molecule has 2 aromatic rings. The first-order valence-electron chi connectivity index (χ1n) is 6.63. The molecule has 1 aromatic heterocycles. The van der Waals surface area contributed by atoms with Gasteiger partial charge in [-0.2, -0.15) is 0 Å². The molecule has 0 aliphatic rings. The van der Waals surface area contributed by atoms with E-state index in [4.69, 9.17) is 14.9 Å². The predicted molar refractivity (Wildman–Crippen MR) is 76.7 cm³/mol. The minimum atomic E-state index is -1.29. The molecule has 0 bridgehead atoms. The maximum Gasteiger partial charge on any atom is 0.343 e. The Morgan fingerprint density at radius 1 is 1.14 bits per heavy atom. The summed E-state index contributed by atoms with van der Waals surface area (Å²) in [4.78, 5) is 23.8. The van der Waals surface area contributed by atoms with Crippen molar-refractivity contribution in [3.8, 4) is 0 Å². The van der Waals surface area contributed by atoms with Gasteiger partial charge in [-0.1, -0.05) is 12.1 Å². The summed E-state index contributed by atoms with van der Waals surface area (Å²) in [6, 6.07) is 5.02. The molecule has 1 unspecified atom stereocenters. The fourth-order valence-corrected chi connectivity index (χ4v) is 2.19. The first-order chi connectivity index (χ1) is 10.3. The molecule has 1 amide bonds. The van der Waals surface area contributed by atoms with Crippen LogP contribution in [-0.2, 0) is 9.53 Å². The molecule has 0 spiro atoms. The number of esters is 1. The molecule has 116 valence electrons. The van der Waals surface area contributed by atoms with Crippen molar-refractivity contribution in [3.05, 3.63) is 58.3 Å². The van der Waals surface area contributed by atoms with E-state index in [1.807, 2.05) is 0 Å². The number of halogens is 1. The van der Waals surface area contributed by atoms with E-state index in [1.54, 1.807) is 20.8 Å². The molecule has 2 rings (SSSR count). The number of carbonyl (C=O) groups excluding carboxylic acids is 2. The van der Waals surface area contributed by atoms with Crippen LogP contribution in [0.15, 0.2) is 28.7 Å². The first kappa shape index (κ1) is 15.8. The molecule has 5 nitrogen and oxygen atoms in total. The lowest BCUT2D eigenvalue weighted by molar-refractivity contribution is -0.127. The Kier molecular flexibility index (Phi) is 4.30. The lowest BCUT2D eigenvalue weighted by Crippen LogP contribution is -2.26. The largest absolute Gasteiger partial charge is 0.465 e. The van der Waals surface area contributed by atoms with E-state index in [2.05, 4.69) is 0 Å². The number of furan rings is 1.